The molecule has 10 heteroatoms. The highest BCUT2D eigenvalue weighted by molar-refractivity contribution is 6.31. The van der Waals surface area contributed by atoms with Crippen LogP contribution in [0, 0.1) is 11.3 Å². The molecule has 0 saturated carbocycles. The lowest BCUT2D eigenvalue weighted by Gasteiger charge is -2.27. The number of ether oxygens (including phenoxy) is 3. The number of rotatable bonds is 10. The van der Waals surface area contributed by atoms with Crippen molar-refractivity contribution >= 4 is 29.3 Å². The minimum absolute atomic E-state index is 0.0374. The van der Waals surface area contributed by atoms with E-state index in [2.05, 4.69) is 11.1 Å². The van der Waals surface area contributed by atoms with Crippen LogP contribution in [0.1, 0.15) is 50.4 Å². The number of pyridine rings is 1. The SMILES string of the molecule is CC(C)(C)OC(=O)N(CCOc1cc(Cl)cc(C(=O)N(CCC#N)CC2CCCO2)c1)c1ccncc1. The molecule has 1 unspecified atom stereocenters. The van der Waals surface area contributed by atoms with Crippen molar-refractivity contribution in [2.24, 2.45) is 0 Å². The van der Waals surface area contributed by atoms with Gasteiger partial charge in [-0.05, 0) is 63.9 Å². The molecule has 1 aromatic carbocycles. The van der Waals surface area contributed by atoms with E-state index in [-0.39, 0.29) is 31.6 Å². The minimum atomic E-state index is -0.660. The minimum Gasteiger partial charge on any atom is -0.492 e. The van der Waals surface area contributed by atoms with Crippen molar-refractivity contribution in [1.82, 2.24) is 9.88 Å². The van der Waals surface area contributed by atoms with Gasteiger partial charge >= 0.3 is 6.09 Å². The van der Waals surface area contributed by atoms with E-state index in [4.69, 9.17) is 31.1 Å². The van der Waals surface area contributed by atoms with Crippen LogP contribution in [0.15, 0.2) is 42.7 Å². The van der Waals surface area contributed by atoms with Gasteiger partial charge < -0.3 is 19.1 Å². The quantitative estimate of drug-likeness (QED) is 0.423. The van der Waals surface area contributed by atoms with E-state index < -0.39 is 11.7 Å². The number of carbonyl (C=O) groups excluding carboxylic acids is 2. The van der Waals surface area contributed by atoms with Gasteiger partial charge in [-0.2, -0.15) is 5.26 Å². The molecular weight excluding hydrogens is 496 g/mol. The second kappa shape index (κ2) is 13.3. The molecule has 0 radical (unpaired) electrons. The van der Waals surface area contributed by atoms with Crippen LogP contribution in [-0.2, 0) is 9.47 Å². The normalized spacial score (nSPS) is 15.1. The van der Waals surface area contributed by atoms with E-state index in [0.29, 0.717) is 41.7 Å². The van der Waals surface area contributed by atoms with Crippen molar-refractivity contribution in [2.75, 3.05) is 37.7 Å². The van der Waals surface area contributed by atoms with Crippen LogP contribution in [0.3, 0.4) is 0 Å². The van der Waals surface area contributed by atoms with Crippen molar-refractivity contribution in [3.8, 4) is 11.8 Å². The highest BCUT2D eigenvalue weighted by Gasteiger charge is 2.25. The summed E-state index contributed by atoms with van der Waals surface area (Å²) >= 11 is 6.31. The van der Waals surface area contributed by atoms with Crippen molar-refractivity contribution in [3.63, 3.8) is 0 Å². The third-order valence-corrected chi connectivity index (χ3v) is 5.74. The number of carbonyl (C=O) groups is 2. The molecule has 37 heavy (non-hydrogen) atoms. The molecule has 0 N–H and O–H groups in total. The van der Waals surface area contributed by atoms with Crippen molar-refractivity contribution in [1.29, 1.82) is 5.26 Å². The van der Waals surface area contributed by atoms with Gasteiger partial charge in [-0.1, -0.05) is 11.6 Å². The number of nitriles is 1. The Kier molecular flexibility index (Phi) is 10.1. The molecule has 1 aliphatic heterocycles. The zero-order valence-electron chi connectivity index (χ0n) is 21.5. The van der Waals surface area contributed by atoms with Crippen LogP contribution >= 0.6 is 11.6 Å². The number of halogens is 1. The average molecular weight is 529 g/mol. The maximum Gasteiger partial charge on any atom is 0.414 e. The molecule has 1 aromatic heterocycles. The van der Waals surface area contributed by atoms with Gasteiger partial charge in [-0.3, -0.25) is 14.7 Å². The second-order valence-corrected chi connectivity index (χ2v) is 10.1. The summed E-state index contributed by atoms with van der Waals surface area (Å²) in [7, 11) is 0. The molecule has 1 fully saturated rings. The largest absolute Gasteiger partial charge is 0.492 e. The van der Waals surface area contributed by atoms with Gasteiger partial charge in [0.1, 0.15) is 18.0 Å². The summed E-state index contributed by atoms with van der Waals surface area (Å²) < 4.78 is 17.1. The van der Waals surface area contributed by atoms with E-state index >= 15 is 0 Å². The Balaban J connectivity index is 1.70. The molecule has 1 atom stereocenters. The number of amides is 2. The van der Waals surface area contributed by atoms with Crippen molar-refractivity contribution in [2.45, 2.75) is 51.7 Å². The molecule has 2 aromatic rings. The van der Waals surface area contributed by atoms with E-state index in [1.54, 1.807) is 68.4 Å². The van der Waals surface area contributed by atoms with Gasteiger partial charge in [0.15, 0.2) is 0 Å². The van der Waals surface area contributed by atoms with Gasteiger partial charge in [-0.15, -0.1) is 0 Å². The summed E-state index contributed by atoms with van der Waals surface area (Å²) in [6.45, 7) is 7.13. The van der Waals surface area contributed by atoms with E-state index in [1.165, 1.54) is 4.90 Å². The second-order valence-electron chi connectivity index (χ2n) is 9.66. The third-order valence-electron chi connectivity index (χ3n) is 5.52. The molecule has 198 valence electrons. The molecule has 0 spiro atoms. The molecule has 0 bridgehead atoms. The topological polar surface area (TPSA) is 105 Å². The fourth-order valence-corrected chi connectivity index (χ4v) is 4.09. The molecular formula is C27H33ClN4O5. The number of hydrogen-bond donors (Lipinski definition) is 0. The number of anilines is 1. The molecule has 3 rings (SSSR count). The Hall–Kier alpha value is -3.35. The standard InChI is InChI=1S/C27H33ClN4O5/c1-27(2,3)37-26(34)32(22-7-10-30-11-8-22)13-15-36-24-17-20(16-21(28)18-24)25(33)31(12-5-9-29)19-23-6-4-14-35-23/h7-8,10-11,16-18,23H,4-6,12-15,19H2,1-3H3. The first-order chi connectivity index (χ1) is 17.7. The van der Waals surface area contributed by atoms with Gasteiger partial charge in [-0.25, -0.2) is 4.79 Å². The summed E-state index contributed by atoms with van der Waals surface area (Å²) in [6, 6.07) is 10.3. The van der Waals surface area contributed by atoms with Gasteiger partial charge in [0.05, 0.1) is 30.8 Å². The summed E-state index contributed by atoms with van der Waals surface area (Å²) in [6.07, 6.45) is 4.70. The fourth-order valence-electron chi connectivity index (χ4n) is 3.87. The number of benzene rings is 1. The lowest BCUT2D eigenvalue weighted by Crippen LogP contribution is -2.39. The highest BCUT2D eigenvalue weighted by atomic mass is 35.5. The van der Waals surface area contributed by atoms with Crippen LogP contribution in [0.4, 0.5) is 10.5 Å². The first-order valence-electron chi connectivity index (χ1n) is 12.3. The van der Waals surface area contributed by atoms with E-state index in [1.807, 2.05) is 0 Å². The molecule has 1 aliphatic rings. The average Bonchev–Trinajstić information content (AvgIpc) is 3.36. The first kappa shape index (κ1) is 28.2. The maximum absolute atomic E-state index is 13.3. The number of aromatic nitrogens is 1. The Bertz CT molecular complexity index is 1090. The molecule has 2 heterocycles. The zero-order valence-corrected chi connectivity index (χ0v) is 22.2. The smallest absolute Gasteiger partial charge is 0.414 e. The van der Waals surface area contributed by atoms with Crippen LogP contribution in [0.2, 0.25) is 5.02 Å². The lowest BCUT2D eigenvalue weighted by atomic mass is 10.1. The predicted molar refractivity (Wildman–Crippen MR) is 140 cm³/mol. The predicted octanol–water partition coefficient (Wildman–Crippen LogP) is 5.09. The van der Waals surface area contributed by atoms with Gasteiger partial charge in [0, 0.05) is 42.7 Å². The lowest BCUT2D eigenvalue weighted by molar-refractivity contribution is 0.0530. The monoisotopic (exact) mass is 528 g/mol. The van der Waals surface area contributed by atoms with Crippen LogP contribution in [0.5, 0.6) is 5.75 Å². The molecule has 1 saturated heterocycles. The van der Waals surface area contributed by atoms with E-state index in [0.717, 1.165) is 12.8 Å². The fraction of sp³-hybridized carbons (Fsp3) is 0.481. The molecule has 0 aliphatic carbocycles. The molecule has 9 nitrogen and oxygen atoms in total. The summed E-state index contributed by atoms with van der Waals surface area (Å²) in [4.78, 5) is 33.2. The first-order valence-corrected chi connectivity index (χ1v) is 12.7. The highest BCUT2D eigenvalue weighted by Crippen LogP contribution is 2.24. The van der Waals surface area contributed by atoms with Crippen molar-refractivity contribution < 1.29 is 23.8 Å². The maximum atomic E-state index is 13.3. The molecule has 2 amide bonds. The van der Waals surface area contributed by atoms with E-state index in [9.17, 15) is 9.59 Å². The Morgan fingerprint density at radius 3 is 2.62 bits per heavy atom. The summed E-state index contributed by atoms with van der Waals surface area (Å²) in [5, 5.41) is 9.39. The Labute approximate surface area is 222 Å². The van der Waals surface area contributed by atoms with Crippen LogP contribution in [0.25, 0.3) is 0 Å². The zero-order chi connectivity index (χ0) is 26.8. The van der Waals surface area contributed by atoms with Crippen LogP contribution in [-0.4, -0.2) is 66.4 Å². The summed E-state index contributed by atoms with van der Waals surface area (Å²) in [5.74, 6) is 0.150. The Morgan fingerprint density at radius 1 is 1.22 bits per heavy atom. The van der Waals surface area contributed by atoms with Crippen LogP contribution < -0.4 is 9.64 Å². The van der Waals surface area contributed by atoms with Gasteiger partial charge in [0.2, 0.25) is 0 Å². The van der Waals surface area contributed by atoms with Gasteiger partial charge in [0.25, 0.3) is 5.91 Å². The van der Waals surface area contributed by atoms with Crippen molar-refractivity contribution in [3.05, 3.63) is 53.3 Å². The summed E-state index contributed by atoms with van der Waals surface area (Å²) in [5.41, 5.74) is 0.320. The Morgan fingerprint density at radius 2 is 1.97 bits per heavy atom. The third kappa shape index (κ3) is 8.92. The number of hydrogen-bond acceptors (Lipinski definition) is 7. The number of nitrogens with zero attached hydrogens (tertiary/aromatic N) is 4.